The first-order valence-electron chi connectivity index (χ1n) is 8.54. The van der Waals surface area contributed by atoms with E-state index < -0.39 is 17.9 Å². The van der Waals surface area contributed by atoms with Gasteiger partial charge in [-0.25, -0.2) is 4.79 Å². The Labute approximate surface area is 152 Å². The van der Waals surface area contributed by atoms with Crippen molar-refractivity contribution < 1.29 is 28.6 Å². The summed E-state index contributed by atoms with van der Waals surface area (Å²) < 4.78 is 15.6. The minimum Gasteiger partial charge on any atom is -0.493 e. The van der Waals surface area contributed by atoms with Gasteiger partial charge in [0.1, 0.15) is 0 Å². The zero-order valence-electron chi connectivity index (χ0n) is 15.0. The Balaban J connectivity index is 1.87. The summed E-state index contributed by atoms with van der Waals surface area (Å²) in [6.07, 6.45) is 4.16. The van der Waals surface area contributed by atoms with Crippen LogP contribution >= 0.6 is 0 Å². The standard InChI is InChI=1S/C18H24N2O6/c1-24-14-8-7-12(11-15(14)26-13-5-3-4-6-13)9-10-19-16(21)17(22)20-18(23)25-2/h7-8,11,13H,3-6,9-10H2,1-2H3,(H,19,21)(H,20,22,23). The molecule has 0 aromatic heterocycles. The van der Waals surface area contributed by atoms with E-state index in [9.17, 15) is 14.4 Å². The van der Waals surface area contributed by atoms with Crippen molar-refractivity contribution in [2.75, 3.05) is 20.8 Å². The smallest absolute Gasteiger partial charge is 0.413 e. The molecule has 1 saturated carbocycles. The van der Waals surface area contributed by atoms with Crippen LogP contribution in [0.15, 0.2) is 18.2 Å². The topological polar surface area (TPSA) is 103 Å². The molecule has 2 rings (SSSR count). The van der Waals surface area contributed by atoms with Crippen molar-refractivity contribution in [3.8, 4) is 11.5 Å². The second-order valence-electron chi connectivity index (χ2n) is 5.96. The van der Waals surface area contributed by atoms with Crippen molar-refractivity contribution in [3.63, 3.8) is 0 Å². The molecule has 0 spiro atoms. The molecule has 1 aromatic carbocycles. The van der Waals surface area contributed by atoms with Crippen LogP contribution in [0.1, 0.15) is 31.2 Å². The summed E-state index contributed by atoms with van der Waals surface area (Å²) in [5.41, 5.74) is 0.937. The number of rotatable bonds is 6. The van der Waals surface area contributed by atoms with Crippen molar-refractivity contribution in [1.29, 1.82) is 0 Å². The Morgan fingerprint density at radius 2 is 1.81 bits per heavy atom. The average molecular weight is 364 g/mol. The van der Waals surface area contributed by atoms with Crippen LogP contribution in [0, 0.1) is 0 Å². The summed E-state index contributed by atoms with van der Waals surface area (Å²) in [5.74, 6) is -0.600. The van der Waals surface area contributed by atoms with E-state index >= 15 is 0 Å². The maximum absolute atomic E-state index is 11.6. The number of methoxy groups -OCH3 is 2. The molecule has 142 valence electrons. The lowest BCUT2D eigenvalue weighted by Crippen LogP contribution is -2.43. The molecule has 1 aromatic rings. The van der Waals surface area contributed by atoms with Gasteiger partial charge in [0.2, 0.25) is 0 Å². The number of benzene rings is 1. The minimum atomic E-state index is -1.06. The van der Waals surface area contributed by atoms with E-state index in [1.54, 1.807) is 12.4 Å². The molecule has 0 heterocycles. The van der Waals surface area contributed by atoms with Gasteiger partial charge in [-0.2, -0.15) is 0 Å². The molecule has 26 heavy (non-hydrogen) atoms. The zero-order valence-corrected chi connectivity index (χ0v) is 15.0. The van der Waals surface area contributed by atoms with E-state index in [2.05, 4.69) is 10.1 Å². The molecular formula is C18H24N2O6. The summed E-state index contributed by atoms with van der Waals surface area (Å²) >= 11 is 0. The monoisotopic (exact) mass is 364 g/mol. The van der Waals surface area contributed by atoms with E-state index in [1.165, 1.54) is 12.8 Å². The highest BCUT2D eigenvalue weighted by molar-refractivity contribution is 6.37. The highest BCUT2D eigenvalue weighted by Crippen LogP contribution is 2.32. The fraction of sp³-hybridized carbons (Fsp3) is 0.500. The first kappa shape index (κ1) is 19.6. The van der Waals surface area contributed by atoms with Crippen LogP contribution in [-0.2, 0) is 20.7 Å². The molecule has 0 radical (unpaired) electrons. The lowest BCUT2D eigenvalue weighted by Gasteiger charge is -2.17. The van der Waals surface area contributed by atoms with Crippen molar-refractivity contribution in [1.82, 2.24) is 10.6 Å². The predicted octanol–water partition coefficient (Wildman–Crippen LogP) is 1.56. The molecule has 1 aliphatic rings. The molecular weight excluding hydrogens is 340 g/mol. The maximum atomic E-state index is 11.6. The third kappa shape index (κ3) is 5.65. The molecule has 0 aliphatic heterocycles. The SMILES string of the molecule is COC(=O)NC(=O)C(=O)NCCc1ccc(OC)c(OC2CCCC2)c1. The van der Waals surface area contributed by atoms with Gasteiger partial charge in [0.15, 0.2) is 11.5 Å². The van der Waals surface area contributed by atoms with Crippen LogP contribution in [0.4, 0.5) is 4.79 Å². The van der Waals surface area contributed by atoms with E-state index in [0.29, 0.717) is 17.9 Å². The highest BCUT2D eigenvalue weighted by Gasteiger charge is 2.19. The molecule has 2 N–H and O–H groups in total. The van der Waals surface area contributed by atoms with Gasteiger partial charge < -0.3 is 19.5 Å². The summed E-state index contributed by atoms with van der Waals surface area (Å²) in [4.78, 5) is 33.9. The summed E-state index contributed by atoms with van der Waals surface area (Å²) in [7, 11) is 2.70. The van der Waals surface area contributed by atoms with Gasteiger partial charge in [0, 0.05) is 6.54 Å². The third-order valence-corrected chi connectivity index (χ3v) is 4.13. The first-order chi connectivity index (χ1) is 12.5. The van der Waals surface area contributed by atoms with Crippen LogP contribution in [0.3, 0.4) is 0 Å². The normalized spacial score (nSPS) is 13.8. The Kier molecular flexibility index (Phi) is 7.25. The van der Waals surface area contributed by atoms with Crippen LogP contribution in [-0.4, -0.2) is 44.8 Å². The molecule has 8 heteroatoms. The number of alkyl carbamates (subject to hydrolysis) is 1. The number of carbonyl (C=O) groups is 3. The Morgan fingerprint density at radius 1 is 1.08 bits per heavy atom. The quantitative estimate of drug-likeness (QED) is 0.743. The third-order valence-electron chi connectivity index (χ3n) is 4.13. The number of imide groups is 1. The van der Waals surface area contributed by atoms with E-state index in [1.807, 2.05) is 18.2 Å². The number of nitrogens with one attached hydrogen (secondary N) is 2. The van der Waals surface area contributed by atoms with Crippen molar-refractivity contribution >= 4 is 17.9 Å². The molecule has 0 unspecified atom stereocenters. The number of ether oxygens (including phenoxy) is 3. The van der Waals surface area contributed by atoms with Crippen LogP contribution in [0.5, 0.6) is 11.5 Å². The van der Waals surface area contributed by atoms with E-state index in [-0.39, 0.29) is 12.6 Å². The Bertz CT molecular complexity index is 655. The molecule has 8 nitrogen and oxygen atoms in total. The number of amides is 3. The molecule has 1 fully saturated rings. The van der Waals surface area contributed by atoms with Crippen molar-refractivity contribution in [2.24, 2.45) is 0 Å². The number of hydrogen-bond acceptors (Lipinski definition) is 6. The van der Waals surface area contributed by atoms with Gasteiger partial charge >= 0.3 is 17.9 Å². The van der Waals surface area contributed by atoms with E-state index in [4.69, 9.17) is 9.47 Å². The van der Waals surface area contributed by atoms with Gasteiger partial charge in [-0.05, 0) is 49.8 Å². The van der Waals surface area contributed by atoms with Gasteiger partial charge in [0.25, 0.3) is 0 Å². The fourth-order valence-corrected chi connectivity index (χ4v) is 2.76. The van der Waals surface area contributed by atoms with Crippen LogP contribution in [0.25, 0.3) is 0 Å². The van der Waals surface area contributed by atoms with Crippen molar-refractivity contribution in [2.45, 2.75) is 38.2 Å². The van der Waals surface area contributed by atoms with Gasteiger partial charge in [-0.1, -0.05) is 6.07 Å². The molecule has 0 bridgehead atoms. The average Bonchev–Trinajstić information content (AvgIpc) is 3.14. The number of carbonyl (C=O) groups excluding carboxylic acids is 3. The molecule has 0 atom stereocenters. The lowest BCUT2D eigenvalue weighted by molar-refractivity contribution is -0.138. The Hall–Kier alpha value is -2.77. The van der Waals surface area contributed by atoms with Crippen LogP contribution < -0.4 is 20.1 Å². The summed E-state index contributed by atoms with van der Waals surface area (Å²) in [6.45, 7) is 0.239. The maximum Gasteiger partial charge on any atom is 0.413 e. The molecule has 0 saturated heterocycles. The minimum absolute atomic E-state index is 0.209. The van der Waals surface area contributed by atoms with Gasteiger partial charge in [-0.3, -0.25) is 14.9 Å². The summed E-state index contributed by atoms with van der Waals surface area (Å²) in [5, 5.41) is 4.24. The second-order valence-corrected chi connectivity index (χ2v) is 5.96. The predicted molar refractivity (Wildman–Crippen MR) is 93.1 cm³/mol. The van der Waals surface area contributed by atoms with Gasteiger partial charge in [0.05, 0.1) is 20.3 Å². The second kappa shape index (κ2) is 9.65. The highest BCUT2D eigenvalue weighted by atomic mass is 16.5. The molecule has 3 amide bonds. The zero-order chi connectivity index (χ0) is 18.9. The fourth-order valence-electron chi connectivity index (χ4n) is 2.76. The Morgan fingerprint density at radius 3 is 2.46 bits per heavy atom. The largest absolute Gasteiger partial charge is 0.493 e. The van der Waals surface area contributed by atoms with Crippen molar-refractivity contribution in [3.05, 3.63) is 23.8 Å². The molecule has 1 aliphatic carbocycles. The first-order valence-corrected chi connectivity index (χ1v) is 8.54. The van der Waals surface area contributed by atoms with E-state index in [0.717, 1.165) is 25.5 Å². The number of hydrogen-bond donors (Lipinski definition) is 2. The lowest BCUT2D eigenvalue weighted by atomic mass is 10.1. The van der Waals surface area contributed by atoms with Gasteiger partial charge in [-0.15, -0.1) is 0 Å². The summed E-state index contributed by atoms with van der Waals surface area (Å²) in [6, 6.07) is 5.59. The van der Waals surface area contributed by atoms with Crippen LogP contribution in [0.2, 0.25) is 0 Å².